The number of hydrogen-bond donors (Lipinski definition) is 3. The summed E-state index contributed by atoms with van der Waals surface area (Å²) in [6.45, 7) is 2.30. The van der Waals surface area contributed by atoms with Crippen molar-refractivity contribution in [3.05, 3.63) is 23.8 Å². The lowest BCUT2D eigenvalue weighted by Crippen LogP contribution is -2.22. The van der Waals surface area contributed by atoms with Gasteiger partial charge in [-0.25, -0.2) is 0 Å². The fraction of sp³-hybridized carbons (Fsp3) is 0.222. The third-order valence-corrected chi connectivity index (χ3v) is 1.50. The summed E-state index contributed by atoms with van der Waals surface area (Å²) in [5.74, 6) is -0.559. The molecule has 0 atom stereocenters. The van der Waals surface area contributed by atoms with Gasteiger partial charge in [0, 0.05) is 18.2 Å². The van der Waals surface area contributed by atoms with Gasteiger partial charge in [0.05, 0.1) is 0 Å². The molecule has 0 unspecified atom stereocenters. The SMILES string of the molecule is CCNC(=O)c1cc(O)cc(O)c1. The molecule has 0 bridgehead atoms. The number of benzene rings is 1. The zero-order valence-corrected chi connectivity index (χ0v) is 7.24. The number of hydrogen-bond acceptors (Lipinski definition) is 3. The number of aromatic hydroxyl groups is 2. The molecule has 4 heteroatoms. The van der Waals surface area contributed by atoms with E-state index in [1.807, 2.05) is 0 Å². The zero-order chi connectivity index (χ0) is 9.84. The molecular weight excluding hydrogens is 170 g/mol. The summed E-state index contributed by atoms with van der Waals surface area (Å²) in [6, 6.07) is 3.76. The van der Waals surface area contributed by atoms with E-state index in [0.29, 0.717) is 6.54 Å². The minimum Gasteiger partial charge on any atom is -0.508 e. The molecule has 0 radical (unpaired) electrons. The Morgan fingerprint density at radius 2 is 1.85 bits per heavy atom. The Balaban J connectivity index is 2.94. The molecule has 1 rings (SSSR count). The second kappa shape index (κ2) is 3.80. The molecule has 1 amide bonds. The highest BCUT2D eigenvalue weighted by molar-refractivity contribution is 5.94. The van der Waals surface area contributed by atoms with Crippen LogP contribution in [0.4, 0.5) is 0 Å². The van der Waals surface area contributed by atoms with Gasteiger partial charge in [-0.1, -0.05) is 0 Å². The first-order valence-corrected chi connectivity index (χ1v) is 3.94. The van der Waals surface area contributed by atoms with Crippen LogP contribution in [0, 0.1) is 0 Å². The van der Waals surface area contributed by atoms with E-state index < -0.39 is 0 Å². The number of phenolic OH excluding ortho intramolecular Hbond substituents is 2. The summed E-state index contributed by atoms with van der Waals surface area (Å²) >= 11 is 0. The van der Waals surface area contributed by atoms with Gasteiger partial charge in [-0.3, -0.25) is 4.79 Å². The Bertz CT molecular complexity index is 302. The van der Waals surface area contributed by atoms with E-state index in [9.17, 15) is 4.79 Å². The molecule has 0 aromatic heterocycles. The summed E-state index contributed by atoms with van der Waals surface area (Å²) in [5, 5.41) is 20.7. The fourth-order valence-corrected chi connectivity index (χ4v) is 0.989. The molecule has 1 aromatic carbocycles. The maximum absolute atomic E-state index is 11.2. The Kier molecular flexibility index (Phi) is 2.74. The molecule has 0 heterocycles. The molecule has 0 aliphatic rings. The van der Waals surface area contributed by atoms with Crippen LogP contribution in [0.15, 0.2) is 18.2 Å². The van der Waals surface area contributed by atoms with Gasteiger partial charge in [0.1, 0.15) is 11.5 Å². The second-order valence-corrected chi connectivity index (χ2v) is 2.60. The normalized spacial score (nSPS) is 9.62. The van der Waals surface area contributed by atoms with Gasteiger partial charge in [-0.05, 0) is 19.1 Å². The highest BCUT2D eigenvalue weighted by Crippen LogP contribution is 2.19. The van der Waals surface area contributed by atoms with Crippen LogP contribution >= 0.6 is 0 Å². The summed E-state index contributed by atoms with van der Waals surface area (Å²) in [6.07, 6.45) is 0. The number of rotatable bonds is 2. The first-order valence-electron chi connectivity index (χ1n) is 3.94. The third-order valence-electron chi connectivity index (χ3n) is 1.50. The van der Waals surface area contributed by atoms with E-state index in [1.165, 1.54) is 18.2 Å². The Morgan fingerprint density at radius 1 is 1.31 bits per heavy atom. The lowest BCUT2D eigenvalue weighted by Gasteiger charge is -2.03. The molecular formula is C9H11NO3. The van der Waals surface area contributed by atoms with Crippen LogP contribution in [0.1, 0.15) is 17.3 Å². The Morgan fingerprint density at radius 3 is 2.31 bits per heavy atom. The molecule has 70 valence electrons. The smallest absolute Gasteiger partial charge is 0.251 e. The third kappa shape index (κ3) is 2.37. The summed E-state index contributed by atoms with van der Waals surface area (Å²) < 4.78 is 0. The molecule has 0 fully saturated rings. The van der Waals surface area contributed by atoms with Gasteiger partial charge in [0.2, 0.25) is 0 Å². The number of nitrogens with one attached hydrogen (secondary N) is 1. The maximum atomic E-state index is 11.2. The van der Waals surface area contributed by atoms with Gasteiger partial charge in [0.25, 0.3) is 5.91 Å². The van der Waals surface area contributed by atoms with Crippen LogP contribution in [0.3, 0.4) is 0 Å². The lowest BCUT2D eigenvalue weighted by molar-refractivity contribution is 0.0955. The van der Waals surface area contributed by atoms with Gasteiger partial charge < -0.3 is 15.5 Å². The quantitative estimate of drug-likeness (QED) is 0.633. The number of carbonyl (C=O) groups is 1. The molecule has 0 saturated carbocycles. The number of amides is 1. The largest absolute Gasteiger partial charge is 0.508 e. The molecule has 0 aliphatic heterocycles. The lowest BCUT2D eigenvalue weighted by atomic mass is 10.2. The minimum atomic E-state index is -0.311. The van der Waals surface area contributed by atoms with Crippen molar-refractivity contribution in [3.8, 4) is 11.5 Å². The van der Waals surface area contributed by atoms with E-state index in [1.54, 1.807) is 6.92 Å². The molecule has 0 aliphatic carbocycles. The van der Waals surface area contributed by atoms with E-state index in [4.69, 9.17) is 10.2 Å². The van der Waals surface area contributed by atoms with Crippen LogP contribution in [0.5, 0.6) is 11.5 Å². The predicted octanol–water partition coefficient (Wildman–Crippen LogP) is 0.847. The molecule has 4 nitrogen and oxygen atoms in total. The molecule has 1 aromatic rings. The average molecular weight is 181 g/mol. The molecule has 0 spiro atoms. The standard InChI is InChI=1S/C9H11NO3/c1-2-10-9(13)6-3-7(11)5-8(12)4-6/h3-5,11-12H,2H2,1H3,(H,10,13). The fourth-order valence-electron chi connectivity index (χ4n) is 0.989. The zero-order valence-electron chi connectivity index (χ0n) is 7.24. The van der Waals surface area contributed by atoms with Crippen molar-refractivity contribution in [2.24, 2.45) is 0 Å². The maximum Gasteiger partial charge on any atom is 0.251 e. The van der Waals surface area contributed by atoms with Crippen molar-refractivity contribution in [3.63, 3.8) is 0 Å². The van der Waals surface area contributed by atoms with Gasteiger partial charge in [-0.2, -0.15) is 0 Å². The van der Waals surface area contributed by atoms with Crippen LogP contribution in [-0.2, 0) is 0 Å². The van der Waals surface area contributed by atoms with Crippen molar-refractivity contribution in [1.82, 2.24) is 5.32 Å². The topological polar surface area (TPSA) is 69.6 Å². The van der Waals surface area contributed by atoms with Crippen LogP contribution in [-0.4, -0.2) is 22.7 Å². The van der Waals surface area contributed by atoms with Crippen LogP contribution in [0.25, 0.3) is 0 Å². The number of phenols is 2. The van der Waals surface area contributed by atoms with E-state index in [-0.39, 0.29) is 23.0 Å². The van der Waals surface area contributed by atoms with E-state index in [2.05, 4.69) is 5.32 Å². The van der Waals surface area contributed by atoms with Crippen molar-refractivity contribution in [2.45, 2.75) is 6.92 Å². The Labute approximate surface area is 75.8 Å². The van der Waals surface area contributed by atoms with E-state index in [0.717, 1.165) is 0 Å². The first-order chi connectivity index (χ1) is 6.13. The van der Waals surface area contributed by atoms with Crippen molar-refractivity contribution in [2.75, 3.05) is 6.54 Å². The van der Waals surface area contributed by atoms with E-state index >= 15 is 0 Å². The van der Waals surface area contributed by atoms with Crippen LogP contribution in [0.2, 0.25) is 0 Å². The Hall–Kier alpha value is -1.71. The predicted molar refractivity (Wildman–Crippen MR) is 47.8 cm³/mol. The molecule has 0 saturated heterocycles. The highest BCUT2D eigenvalue weighted by atomic mass is 16.3. The first kappa shape index (κ1) is 9.38. The summed E-state index contributed by atoms with van der Waals surface area (Å²) in [7, 11) is 0. The highest BCUT2D eigenvalue weighted by Gasteiger charge is 2.06. The number of carbonyl (C=O) groups excluding carboxylic acids is 1. The molecule has 13 heavy (non-hydrogen) atoms. The van der Waals surface area contributed by atoms with Gasteiger partial charge >= 0.3 is 0 Å². The second-order valence-electron chi connectivity index (χ2n) is 2.60. The minimum absolute atomic E-state index is 0.124. The monoisotopic (exact) mass is 181 g/mol. The van der Waals surface area contributed by atoms with Gasteiger partial charge in [-0.15, -0.1) is 0 Å². The van der Waals surface area contributed by atoms with Crippen LogP contribution < -0.4 is 5.32 Å². The van der Waals surface area contributed by atoms with Crippen molar-refractivity contribution in [1.29, 1.82) is 0 Å². The van der Waals surface area contributed by atoms with Gasteiger partial charge in [0.15, 0.2) is 0 Å². The van der Waals surface area contributed by atoms with Crippen molar-refractivity contribution >= 4 is 5.91 Å². The summed E-state index contributed by atoms with van der Waals surface area (Å²) in [4.78, 5) is 11.2. The van der Waals surface area contributed by atoms with Crippen molar-refractivity contribution < 1.29 is 15.0 Å². The molecule has 3 N–H and O–H groups in total. The summed E-state index contributed by atoms with van der Waals surface area (Å²) in [5.41, 5.74) is 0.249. The average Bonchev–Trinajstić information content (AvgIpc) is 2.03.